The van der Waals surface area contributed by atoms with Gasteiger partial charge in [-0.15, -0.1) is 0 Å². The molecule has 0 aliphatic heterocycles. The van der Waals surface area contributed by atoms with Gasteiger partial charge in [0.05, 0.1) is 39.9 Å². The molecule has 0 aromatic carbocycles. The summed E-state index contributed by atoms with van der Waals surface area (Å²) in [5.41, 5.74) is 0. The number of allylic oxidation sites excluding steroid dienone is 9. The molecular formula is C82H158N2O6P+. The summed E-state index contributed by atoms with van der Waals surface area (Å²) in [6.07, 6.45) is 101. The second-order valence-corrected chi connectivity index (χ2v) is 30.2. The van der Waals surface area contributed by atoms with Crippen molar-refractivity contribution in [2.45, 2.75) is 418 Å². The highest BCUT2D eigenvalue weighted by Crippen LogP contribution is 2.43. The second kappa shape index (κ2) is 72.5. The molecule has 0 aliphatic rings. The highest BCUT2D eigenvalue weighted by atomic mass is 31.2. The summed E-state index contributed by atoms with van der Waals surface area (Å²) in [4.78, 5) is 23.5. The molecule has 0 aromatic heterocycles. The van der Waals surface area contributed by atoms with Gasteiger partial charge in [-0.1, -0.05) is 383 Å². The second-order valence-electron chi connectivity index (χ2n) is 28.8. The fraction of sp³-hybridized carbons (Fsp3) is 0.866. The van der Waals surface area contributed by atoms with Crippen LogP contribution in [0.2, 0.25) is 0 Å². The van der Waals surface area contributed by atoms with Crippen LogP contribution >= 0.6 is 7.82 Å². The van der Waals surface area contributed by atoms with E-state index in [-0.39, 0.29) is 19.1 Å². The SMILES string of the molecule is CCCCCCC/C=C\C/C=C\CCCCCCCCCCCCCCCCCCCCCCCCCCCCCC(=O)NC(COP(=O)(O)OCC[N+](C)(C)C)C(O)/C=C/CC/C=C/CC/C=C/CCCCCCCCCCCCCCCCCCCCCC. The maximum absolute atomic E-state index is 13.1. The van der Waals surface area contributed by atoms with Gasteiger partial charge < -0.3 is 19.8 Å². The van der Waals surface area contributed by atoms with Crippen molar-refractivity contribution in [1.82, 2.24) is 5.32 Å². The van der Waals surface area contributed by atoms with Gasteiger partial charge in [0.15, 0.2) is 0 Å². The topological polar surface area (TPSA) is 105 Å². The van der Waals surface area contributed by atoms with Crippen LogP contribution in [-0.4, -0.2) is 73.4 Å². The minimum absolute atomic E-state index is 0.0543. The molecule has 0 fully saturated rings. The van der Waals surface area contributed by atoms with Gasteiger partial charge >= 0.3 is 7.82 Å². The first-order valence-corrected chi connectivity index (χ1v) is 41.7. The van der Waals surface area contributed by atoms with Crippen molar-refractivity contribution in [1.29, 1.82) is 0 Å². The van der Waals surface area contributed by atoms with Crippen LogP contribution in [0.5, 0.6) is 0 Å². The number of phosphoric acid groups is 1. The minimum Gasteiger partial charge on any atom is -0.387 e. The van der Waals surface area contributed by atoms with Crippen molar-refractivity contribution >= 4 is 13.7 Å². The zero-order chi connectivity index (χ0) is 66.2. The largest absolute Gasteiger partial charge is 0.472 e. The van der Waals surface area contributed by atoms with Crippen LogP contribution in [0.3, 0.4) is 0 Å². The Kier molecular flexibility index (Phi) is 71.0. The number of rotatable bonds is 75. The summed E-state index contributed by atoms with van der Waals surface area (Å²) in [6, 6.07) is -0.872. The Bertz CT molecular complexity index is 1670. The van der Waals surface area contributed by atoms with Gasteiger partial charge in [0, 0.05) is 6.42 Å². The van der Waals surface area contributed by atoms with E-state index < -0.39 is 20.0 Å². The number of amides is 1. The summed E-state index contributed by atoms with van der Waals surface area (Å²) in [7, 11) is 1.56. The number of hydrogen-bond donors (Lipinski definition) is 3. The lowest BCUT2D eigenvalue weighted by molar-refractivity contribution is -0.870. The number of quaternary nitrogens is 1. The quantitative estimate of drug-likeness (QED) is 0.0243. The number of unbranched alkanes of at least 4 members (excludes halogenated alkanes) is 54. The molecule has 1 amide bonds. The van der Waals surface area contributed by atoms with Crippen molar-refractivity contribution in [2.75, 3.05) is 40.9 Å². The van der Waals surface area contributed by atoms with E-state index in [1.54, 1.807) is 6.08 Å². The number of carbonyl (C=O) groups is 1. The third-order valence-corrected chi connectivity index (χ3v) is 19.4. The highest BCUT2D eigenvalue weighted by Gasteiger charge is 2.28. The third-order valence-electron chi connectivity index (χ3n) is 18.4. The molecule has 0 bridgehead atoms. The summed E-state index contributed by atoms with van der Waals surface area (Å²) < 4.78 is 23.9. The van der Waals surface area contributed by atoms with Gasteiger partial charge in [-0.05, 0) is 77.0 Å². The Hall–Kier alpha value is -1.80. The molecule has 9 heteroatoms. The fourth-order valence-corrected chi connectivity index (χ4v) is 13.0. The van der Waals surface area contributed by atoms with Gasteiger partial charge in [0.2, 0.25) is 5.91 Å². The molecule has 0 saturated carbocycles. The average molecular weight is 1300 g/mol. The van der Waals surface area contributed by atoms with Gasteiger partial charge in [-0.2, -0.15) is 0 Å². The minimum atomic E-state index is -4.37. The standard InChI is InChI=1S/C82H157N2O6P/c1-6-8-10-12-14-16-18-20-22-24-26-28-30-32-34-36-38-39-40-41-42-43-44-45-46-48-50-52-54-56-58-60-62-64-66-68-70-72-74-76-82(86)83-80(79-90-91(87,88)89-78-77-84(3,4)5)81(85)75-73-71-69-67-65-63-61-59-57-55-53-51-49-47-37-35-33-31-29-27-25-23-21-19-17-15-13-11-9-7-2/h18,20,24,26,57,59,65,67,73,75,80-81,85H,6-17,19,21-23,25,27-56,58,60-64,66,68-72,74,76-79H2,1-5H3,(H-,83,86,87,88)/p+1/b20-18-,26-24-,59-57+,67-65+,75-73+. The predicted molar refractivity (Wildman–Crippen MR) is 401 cm³/mol. The van der Waals surface area contributed by atoms with Gasteiger partial charge in [0.25, 0.3) is 0 Å². The smallest absolute Gasteiger partial charge is 0.387 e. The molecule has 91 heavy (non-hydrogen) atoms. The zero-order valence-corrected chi connectivity index (χ0v) is 62.5. The van der Waals surface area contributed by atoms with Gasteiger partial charge in [-0.3, -0.25) is 13.8 Å². The summed E-state index contributed by atoms with van der Waals surface area (Å²) in [5, 5.41) is 14.0. The molecule has 0 saturated heterocycles. The van der Waals surface area contributed by atoms with Gasteiger partial charge in [0.1, 0.15) is 13.2 Å². The van der Waals surface area contributed by atoms with E-state index in [9.17, 15) is 19.4 Å². The molecular weight excluding hydrogens is 1140 g/mol. The van der Waals surface area contributed by atoms with Crippen LogP contribution in [0.1, 0.15) is 406 Å². The maximum atomic E-state index is 13.1. The molecule has 3 unspecified atom stereocenters. The van der Waals surface area contributed by atoms with Crippen LogP contribution in [0.25, 0.3) is 0 Å². The van der Waals surface area contributed by atoms with Crippen LogP contribution in [0, 0.1) is 0 Å². The Labute approximate surface area is 568 Å². The molecule has 8 nitrogen and oxygen atoms in total. The first kappa shape index (κ1) is 89.2. The molecule has 0 spiro atoms. The Morgan fingerprint density at radius 1 is 0.374 bits per heavy atom. The van der Waals surface area contributed by atoms with Crippen molar-refractivity contribution in [3.8, 4) is 0 Å². The predicted octanol–water partition coefficient (Wildman–Crippen LogP) is 26.3. The van der Waals surface area contributed by atoms with E-state index in [4.69, 9.17) is 9.05 Å². The molecule has 0 heterocycles. The van der Waals surface area contributed by atoms with E-state index in [0.29, 0.717) is 17.4 Å². The normalized spacial score (nSPS) is 13.8. The van der Waals surface area contributed by atoms with E-state index in [2.05, 4.69) is 67.8 Å². The molecule has 536 valence electrons. The van der Waals surface area contributed by atoms with Crippen molar-refractivity contribution in [3.05, 3.63) is 60.8 Å². The number of likely N-dealkylation sites (N-methyl/N-ethyl adjacent to an activating group) is 1. The molecule has 3 atom stereocenters. The van der Waals surface area contributed by atoms with Crippen LogP contribution in [0.4, 0.5) is 0 Å². The van der Waals surface area contributed by atoms with Crippen molar-refractivity contribution in [3.63, 3.8) is 0 Å². The Morgan fingerprint density at radius 3 is 0.945 bits per heavy atom. The van der Waals surface area contributed by atoms with E-state index in [1.807, 2.05) is 27.2 Å². The van der Waals surface area contributed by atoms with Crippen LogP contribution in [0.15, 0.2) is 60.8 Å². The van der Waals surface area contributed by atoms with Gasteiger partial charge in [-0.25, -0.2) is 4.57 Å². The lowest BCUT2D eigenvalue weighted by Crippen LogP contribution is -2.45. The first-order valence-electron chi connectivity index (χ1n) is 40.2. The van der Waals surface area contributed by atoms with Crippen LogP contribution in [-0.2, 0) is 18.4 Å². The number of phosphoric ester groups is 1. The van der Waals surface area contributed by atoms with E-state index >= 15 is 0 Å². The average Bonchev–Trinajstić information content (AvgIpc) is 3.58. The van der Waals surface area contributed by atoms with Crippen LogP contribution < -0.4 is 5.32 Å². The molecule has 0 aromatic rings. The number of carbonyl (C=O) groups excluding carboxylic acids is 1. The molecule has 3 N–H and O–H groups in total. The maximum Gasteiger partial charge on any atom is 0.472 e. The van der Waals surface area contributed by atoms with E-state index in [0.717, 1.165) is 51.4 Å². The zero-order valence-electron chi connectivity index (χ0n) is 61.6. The van der Waals surface area contributed by atoms with E-state index in [1.165, 1.54) is 334 Å². The number of aliphatic hydroxyl groups is 1. The third kappa shape index (κ3) is 75.4. The van der Waals surface area contributed by atoms with Crippen molar-refractivity contribution < 1.29 is 32.9 Å². The Balaban J connectivity index is 3.98. The molecule has 0 radical (unpaired) electrons. The fourth-order valence-electron chi connectivity index (χ4n) is 12.2. The summed E-state index contributed by atoms with van der Waals surface area (Å²) in [6.45, 7) is 4.83. The number of nitrogens with one attached hydrogen (secondary N) is 1. The first-order chi connectivity index (χ1) is 44.5. The molecule has 0 rings (SSSR count). The van der Waals surface area contributed by atoms with Crippen molar-refractivity contribution in [2.24, 2.45) is 0 Å². The number of aliphatic hydroxyl groups excluding tert-OH is 1. The highest BCUT2D eigenvalue weighted by molar-refractivity contribution is 7.47. The molecule has 0 aliphatic carbocycles. The summed E-state index contributed by atoms with van der Waals surface area (Å²) >= 11 is 0. The number of hydrogen-bond acceptors (Lipinski definition) is 5. The Morgan fingerprint density at radius 2 is 0.637 bits per heavy atom. The monoisotopic (exact) mass is 1300 g/mol. The lowest BCUT2D eigenvalue weighted by atomic mass is 10.0. The lowest BCUT2D eigenvalue weighted by Gasteiger charge is -2.25. The number of nitrogens with zero attached hydrogens (tertiary/aromatic N) is 1. The summed E-state index contributed by atoms with van der Waals surface area (Å²) in [5.74, 6) is -0.183.